The Morgan fingerprint density at radius 2 is 2.00 bits per heavy atom. The Bertz CT molecular complexity index is 571. The van der Waals surface area contributed by atoms with Gasteiger partial charge >= 0.3 is 0 Å². The SMILES string of the molecule is CCCOc1ccc(N2C(=O)CC(NNC(C)=O)C2=O)cc1. The van der Waals surface area contributed by atoms with Crippen molar-refractivity contribution in [1.82, 2.24) is 10.9 Å². The number of anilines is 1. The number of imide groups is 1. The van der Waals surface area contributed by atoms with Gasteiger partial charge < -0.3 is 4.74 Å². The fourth-order valence-electron chi connectivity index (χ4n) is 2.12. The smallest absolute Gasteiger partial charge is 0.253 e. The fourth-order valence-corrected chi connectivity index (χ4v) is 2.12. The first kappa shape index (κ1) is 16.0. The molecule has 0 aliphatic carbocycles. The molecule has 1 unspecified atom stereocenters. The number of benzene rings is 1. The second-order valence-electron chi connectivity index (χ2n) is 4.99. The summed E-state index contributed by atoms with van der Waals surface area (Å²) < 4.78 is 5.46. The molecule has 1 fully saturated rings. The lowest BCUT2D eigenvalue weighted by Crippen LogP contribution is -2.47. The van der Waals surface area contributed by atoms with E-state index in [1.807, 2.05) is 6.92 Å². The van der Waals surface area contributed by atoms with Crippen molar-refractivity contribution >= 4 is 23.4 Å². The van der Waals surface area contributed by atoms with Crippen molar-refractivity contribution in [3.63, 3.8) is 0 Å². The average molecular weight is 305 g/mol. The van der Waals surface area contributed by atoms with E-state index in [1.165, 1.54) is 6.92 Å². The molecule has 1 aromatic rings. The van der Waals surface area contributed by atoms with Gasteiger partial charge in [-0.3, -0.25) is 19.8 Å². The Morgan fingerprint density at radius 1 is 1.32 bits per heavy atom. The molecular weight excluding hydrogens is 286 g/mol. The van der Waals surface area contributed by atoms with Crippen LogP contribution in [0.4, 0.5) is 5.69 Å². The predicted octanol–water partition coefficient (Wildman–Crippen LogP) is 0.748. The molecule has 0 saturated carbocycles. The van der Waals surface area contributed by atoms with Gasteiger partial charge in [-0.1, -0.05) is 6.92 Å². The van der Waals surface area contributed by atoms with Crippen LogP contribution in [0.3, 0.4) is 0 Å². The maximum absolute atomic E-state index is 12.2. The highest BCUT2D eigenvalue weighted by molar-refractivity contribution is 6.22. The largest absolute Gasteiger partial charge is 0.494 e. The fraction of sp³-hybridized carbons (Fsp3) is 0.400. The Kier molecular flexibility index (Phi) is 5.11. The van der Waals surface area contributed by atoms with Crippen molar-refractivity contribution in [3.8, 4) is 5.75 Å². The average Bonchev–Trinajstić information content (AvgIpc) is 2.78. The van der Waals surface area contributed by atoms with Gasteiger partial charge in [-0.15, -0.1) is 0 Å². The second kappa shape index (κ2) is 7.04. The van der Waals surface area contributed by atoms with Crippen molar-refractivity contribution in [2.75, 3.05) is 11.5 Å². The number of hydrogen-bond donors (Lipinski definition) is 2. The number of hydrogen-bond acceptors (Lipinski definition) is 5. The molecule has 1 aromatic carbocycles. The molecule has 22 heavy (non-hydrogen) atoms. The third kappa shape index (κ3) is 3.62. The Hall–Kier alpha value is -2.41. The second-order valence-corrected chi connectivity index (χ2v) is 4.99. The Balaban J connectivity index is 2.06. The first-order valence-corrected chi connectivity index (χ1v) is 7.14. The molecule has 0 aromatic heterocycles. The van der Waals surface area contributed by atoms with E-state index in [0.717, 1.165) is 11.3 Å². The van der Waals surface area contributed by atoms with Crippen molar-refractivity contribution in [1.29, 1.82) is 0 Å². The van der Waals surface area contributed by atoms with Crippen molar-refractivity contribution in [2.45, 2.75) is 32.7 Å². The summed E-state index contributed by atoms with van der Waals surface area (Å²) in [5.74, 6) is -0.329. The van der Waals surface area contributed by atoms with Gasteiger partial charge in [-0.25, -0.2) is 10.3 Å². The van der Waals surface area contributed by atoms with Gasteiger partial charge in [0, 0.05) is 6.92 Å². The van der Waals surface area contributed by atoms with Crippen molar-refractivity contribution < 1.29 is 19.1 Å². The quantitative estimate of drug-likeness (QED) is 0.598. The van der Waals surface area contributed by atoms with E-state index in [0.29, 0.717) is 18.0 Å². The van der Waals surface area contributed by atoms with Gasteiger partial charge in [0.25, 0.3) is 5.91 Å². The normalized spacial score (nSPS) is 17.7. The first-order valence-electron chi connectivity index (χ1n) is 7.14. The highest BCUT2D eigenvalue weighted by Crippen LogP contribution is 2.25. The van der Waals surface area contributed by atoms with Gasteiger partial charge in [-0.05, 0) is 30.7 Å². The third-order valence-corrected chi connectivity index (χ3v) is 3.14. The summed E-state index contributed by atoms with van der Waals surface area (Å²) in [6, 6.07) is 6.04. The molecule has 7 heteroatoms. The molecule has 3 amide bonds. The van der Waals surface area contributed by atoms with E-state index in [1.54, 1.807) is 24.3 Å². The molecule has 0 spiro atoms. The summed E-state index contributed by atoms with van der Waals surface area (Å²) in [7, 11) is 0. The van der Waals surface area contributed by atoms with E-state index < -0.39 is 6.04 Å². The van der Waals surface area contributed by atoms with E-state index in [2.05, 4.69) is 10.9 Å². The molecule has 1 saturated heterocycles. The predicted molar refractivity (Wildman–Crippen MR) is 80.1 cm³/mol. The Morgan fingerprint density at radius 3 is 2.59 bits per heavy atom. The van der Waals surface area contributed by atoms with Crippen LogP contribution in [-0.2, 0) is 14.4 Å². The number of amides is 3. The van der Waals surface area contributed by atoms with Crippen molar-refractivity contribution in [2.24, 2.45) is 0 Å². The highest BCUT2D eigenvalue weighted by Gasteiger charge is 2.39. The summed E-state index contributed by atoms with van der Waals surface area (Å²) in [6.45, 7) is 3.95. The van der Waals surface area contributed by atoms with Gasteiger partial charge in [0.1, 0.15) is 11.8 Å². The van der Waals surface area contributed by atoms with Crippen LogP contribution in [0.25, 0.3) is 0 Å². The summed E-state index contributed by atoms with van der Waals surface area (Å²) in [5.41, 5.74) is 5.39. The number of rotatable bonds is 6. The molecule has 0 bridgehead atoms. The highest BCUT2D eigenvalue weighted by atomic mass is 16.5. The molecule has 0 radical (unpaired) electrons. The zero-order chi connectivity index (χ0) is 16.1. The molecule has 1 heterocycles. The Labute approximate surface area is 128 Å². The summed E-state index contributed by atoms with van der Waals surface area (Å²) in [6.07, 6.45) is 0.911. The van der Waals surface area contributed by atoms with Gasteiger partial charge in [-0.2, -0.15) is 0 Å². The maximum Gasteiger partial charge on any atom is 0.253 e. The molecule has 118 valence electrons. The number of carbonyl (C=O) groups excluding carboxylic acids is 3. The van der Waals surface area contributed by atoms with Crippen LogP contribution in [0.15, 0.2) is 24.3 Å². The van der Waals surface area contributed by atoms with Crippen LogP contribution in [0.1, 0.15) is 26.7 Å². The van der Waals surface area contributed by atoms with Crippen LogP contribution in [0.2, 0.25) is 0 Å². The minimum Gasteiger partial charge on any atom is -0.494 e. The van der Waals surface area contributed by atoms with Crippen LogP contribution >= 0.6 is 0 Å². The lowest BCUT2D eigenvalue weighted by atomic mass is 10.2. The van der Waals surface area contributed by atoms with Gasteiger partial charge in [0.15, 0.2) is 0 Å². The monoisotopic (exact) mass is 305 g/mol. The molecule has 1 atom stereocenters. The number of hydrazine groups is 1. The minimum atomic E-state index is -0.743. The number of nitrogens with one attached hydrogen (secondary N) is 2. The standard InChI is InChI=1S/C15H19N3O4/c1-3-8-22-12-6-4-11(5-7-12)18-14(20)9-13(15(18)21)17-16-10(2)19/h4-7,13,17H,3,8-9H2,1-2H3,(H,16,19). The zero-order valence-electron chi connectivity index (χ0n) is 12.6. The molecule has 2 rings (SSSR count). The van der Waals surface area contributed by atoms with Crippen molar-refractivity contribution in [3.05, 3.63) is 24.3 Å². The summed E-state index contributed by atoms with van der Waals surface area (Å²) >= 11 is 0. The first-order chi connectivity index (χ1) is 10.5. The number of ether oxygens (including phenoxy) is 1. The molecular formula is C15H19N3O4. The lowest BCUT2D eigenvalue weighted by Gasteiger charge is -2.16. The molecule has 1 aliphatic heterocycles. The molecule has 1 aliphatic rings. The summed E-state index contributed by atoms with van der Waals surface area (Å²) in [4.78, 5) is 36.2. The number of carbonyl (C=O) groups is 3. The molecule has 7 nitrogen and oxygen atoms in total. The van der Waals surface area contributed by atoms with Gasteiger partial charge in [0.05, 0.1) is 18.7 Å². The van der Waals surface area contributed by atoms with Crippen LogP contribution in [-0.4, -0.2) is 30.4 Å². The third-order valence-electron chi connectivity index (χ3n) is 3.14. The lowest BCUT2D eigenvalue weighted by molar-refractivity contribution is -0.122. The minimum absolute atomic E-state index is 0.00714. The number of nitrogens with zero attached hydrogens (tertiary/aromatic N) is 1. The maximum atomic E-state index is 12.2. The van der Waals surface area contributed by atoms with Crippen LogP contribution in [0, 0.1) is 0 Å². The van der Waals surface area contributed by atoms with E-state index in [-0.39, 0.29) is 24.1 Å². The van der Waals surface area contributed by atoms with E-state index in [4.69, 9.17) is 4.74 Å². The zero-order valence-corrected chi connectivity index (χ0v) is 12.6. The van der Waals surface area contributed by atoms with Crippen LogP contribution < -0.4 is 20.5 Å². The topological polar surface area (TPSA) is 87.7 Å². The van der Waals surface area contributed by atoms with Crippen LogP contribution in [0.5, 0.6) is 5.75 Å². The van der Waals surface area contributed by atoms with E-state index >= 15 is 0 Å². The van der Waals surface area contributed by atoms with Gasteiger partial charge in [0.2, 0.25) is 11.8 Å². The summed E-state index contributed by atoms with van der Waals surface area (Å²) in [5, 5.41) is 0. The molecule has 2 N–H and O–H groups in total. The van der Waals surface area contributed by atoms with E-state index in [9.17, 15) is 14.4 Å².